The Hall–Kier alpha value is -1.65. The summed E-state index contributed by atoms with van der Waals surface area (Å²) in [7, 11) is 0. The van der Waals surface area contributed by atoms with E-state index in [1.165, 1.54) is 0 Å². The summed E-state index contributed by atoms with van der Waals surface area (Å²) < 4.78 is 13.1. The van der Waals surface area contributed by atoms with Crippen molar-refractivity contribution in [2.75, 3.05) is 18.8 Å². The molecule has 0 atom stereocenters. The Morgan fingerprint density at radius 3 is 2.83 bits per heavy atom. The molecule has 18 heavy (non-hydrogen) atoms. The number of piperidine rings is 1. The topological polar surface area (TPSA) is 59.2 Å². The van der Waals surface area contributed by atoms with Crippen LogP contribution in [0.2, 0.25) is 0 Å². The van der Waals surface area contributed by atoms with Gasteiger partial charge in [-0.05, 0) is 24.8 Å². The van der Waals surface area contributed by atoms with E-state index in [4.69, 9.17) is 5.73 Å². The largest absolute Gasteiger partial charge is 0.383 e. The molecule has 0 aliphatic carbocycles. The van der Waals surface area contributed by atoms with Crippen molar-refractivity contribution in [3.05, 3.63) is 23.6 Å². The first kappa shape index (κ1) is 12.8. The fraction of sp³-hybridized carbons (Fsp3) is 0.538. The smallest absolute Gasteiger partial charge is 0.257 e. The highest BCUT2D eigenvalue weighted by Gasteiger charge is 2.24. The molecule has 0 unspecified atom stereocenters. The number of amides is 1. The van der Waals surface area contributed by atoms with Gasteiger partial charge in [-0.3, -0.25) is 4.79 Å². The van der Waals surface area contributed by atoms with E-state index in [1.807, 2.05) is 0 Å². The van der Waals surface area contributed by atoms with Crippen LogP contribution in [0.3, 0.4) is 0 Å². The highest BCUT2D eigenvalue weighted by Crippen LogP contribution is 2.22. The summed E-state index contributed by atoms with van der Waals surface area (Å²) in [5.41, 5.74) is 5.80. The predicted molar refractivity (Wildman–Crippen MR) is 67.5 cm³/mol. The third-order valence-electron chi connectivity index (χ3n) is 3.59. The van der Waals surface area contributed by atoms with E-state index in [0.717, 1.165) is 31.5 Å². The molecule has 98 valence electrons. The van der Waals surface area contributed by atoms with Gasteiger partial charge in [0.1, 0.15) is 11.6 Å². The van der Waals surface area contributed by atoms with Crippen LogP contribution >= 0.6 is 0 Å². The van der Waals surface area contributed by atoms with Gasteiger partial charge in [0.2, 0.25) is 0 Å². The molecular formula is C13H18FN3O. The van der Waals surface area contributed by atoms with Crippen molar-refractivity contribution in [1.82, 2.24) is 9.88 Å². The highest BCUT2D eigenvalue weighted by atomic mass is 19.1. The number of hydrogen-bond donors (Lipinski definition) is 1. The van der Waals surface area contributed by atoms with Crippen molar-refractivity contribution in [2.24, 2.45) is 5.92 Å². The van der Waals surface area contributed by atoms with Crippen LogP contribution in [0.15, 0.2) is 12.3 Å². The minimum atomic E-state index is -0.531. The fourth-order valence-corrected chi connectivity index (χ4v) is 2.34. The van der Waals surface area contributed by atoms with Gasteiger partial charge in [0.05, 0.1) is 11.8 Å². The lowest BCUT2D eigenvalue weighted by atomic mass is 9.94. The molecule has 0 radical (unpaired) electrons. The third kappa shape index (κ3) is 2.60. The van der Waals surface area contributed by atoms with Gasteiger partial charge in [-0.1, -0.05) is 13.3 Å². The Bertz CT molecular complexity index is 442. The Morgan fingerprint density at radius 1 is 1.56 bits per heavy atom. The van der Waals surface area contributed by atoms with Crippen LogP contribution in [-0.4, -0.2) is 28.9 Å². The first-order valence-corrected chi connectivity index (χ1v) is 6.32. The molecule has 5 heteroatoms. The molecule has 2 heterocycles. The maximum Gasteiger partial charge on any atom is 0.257 e. The fourth-order valence-electron chi connectivity index (χ4n) is 2.34. The van der Waals surface area contributed by atoms with E-state index < -0.39 is 5.82 Å². The van der Waals surface area contributed by atoms with E-state index >= 15 is 0 Å². The molecule has 0 bridgehead atoms. The predicted octanol–water partition coefficient (Wildman–Crippen LogP) is 2.07. The average molecular weight is 251 g/mol. The minimum absolute atomic E-state index is 0.0963. The van der Waals surface area contributed by atoms with Crippen LogP contribution < -0.4 is 5.73 Å². The minimum Gasteiger partial charge on any atom is -0.383 e. The van der Waals surface area contributed by atoms with E-state index in [2.05, 4.69) is 11.9 Å². The number of halogens is 1. The zero-order valence-corrected chi connectivity index (χ0v) is 10.5. The molecular weight excluding hydrogens is 233 g/mol. The normalized spacial score (nSPS) is 16.9. The molecule has 1 amide bonds. The lowest BCUT2D eigenvalue weighted by Gasteiger charge is -2.31. The average Bonchev–Trinajstić information content (AvgIpc) is 2.41. The van der Waals surface area contributed by atoms with E-state index in [9.17, 15) is 9.18 Å². The van der Waals surface area contributed by atoms with Gasteiger partial charge in [-0.25, -0.2) is 9.37 Å². The van der Waals surface area contributed by atoms with Gasteiger partial charge in [0, 0.05) is 13.1 Å². The van der Waals surface area contributed by atoms with Crippen LogP contribution in [-0.2, 0) is 0 Å². The number of carbonyl (C=O) groups excluding carboxylic acids is 1. The molecule has 2 N–H and O–H groups in total. The highest BCUT2D eigenvalue weighted by molar-refractivity contribution is 5.98. The van der Waals surface area contributed by atoms with E-state index in [0.29, 0.717) is 19.0 Å². The quantitative estimate of drug-likeness (QED) is 0.875. The van der Waals surface area contributed by atoms with Crippen molar-refractivity contribution >= 4 is 11.7 Å². The lowest BCUT2D eigenvalue weighted by molar-refractivity contribution is 0.0689. The summed E-state index contributed by atoms with van der Waals surface area (Å²) >= 11 is 0. The van der Waals surface area contributed by atoms with Crippen LogP contribution in [0.1, 0.15) is 36.5 Å². The standard InChI is InChI=1S/C13H18FN3O/c1-2-9-3-5-17(6-4-9)13(18)11-7-10(14)8-16-12(11)15/h7-9H,2-6H2,1H3,(H2,15,16). The Balaban J connectivity index is 2.10. The number of anilines is 1. The number of aromatic nitrogens is 1. The number of nitrogens with zero attached hydrogens (tertiary/aromatic N) is 2. The van der Waals surface area contributed by atoms with Crippen molar-refractivity contribution in [3.8, 4) is 0 Å². The molecule has 1 aliphatic rings. The maximum atomic E-state index is 13.1. The van der Waals surface area contributed by atoms with E-state index in [-0.39, 0.29) is 17.3 Å². The van der Waals surface area contributed by atoms with E-state index in [1.54, 1.807) is 4.90 Å². The SMILES string of the molecule is CCC1CCN(C(=O)c2cc(F)cnc2N)CC1. The number of nitrogen functional groups attached to an aromatic ring is 1. The second kappa shape index (κ2) is 5.33. The maximum absolute atomic E-state index is 13.1. The van der Waals surface area contributed by atoms with Gasteiger partial charge in [-0.15, -0.1) is 0 Å². The third-order valence-corrected chi connectivity index (χ3v) is 3.59. The zero-order valence-electron chi connectivity index (χ0n) is 10.5. The Labute approximate surface area is 106 Å². The van der Waals surface area contributed by atoms with Crippen LogP contribution in [0, 0.1) is 11.7 Å². The molecule has 4 nitrogen and oxygen atoms in total. The number of hydrogen-bond acceptors (Lipinski definition) is 3. The summed E-state index contributed by atoms with van der Waals surface area (Å²) in [5, 5.41) is 0. The Morgan fingerprint density at radius 2 is 2.22 bits per heavy atom. The van der Waals surface area contributed by atoms with Crippen molar-refractivity contribution in [2.45, 2.75) is 26.2 Å². The van der Waals surface area contributed by atoms with Gasteiger partial charge in [0.25, 0.3) is 5.91 Å². The zero-order chi connectivity index (χ0) is 13.1. The Kier molecular flexibility index (Phi) is 3.79. The van der Waals surface area contributed by atoms with Crippen molar-refractivity contribution in [1.29, 1.82) is 0 Å². The number of pyridine rings is 1. The van der Waals surface area contributed by atoms with Crippen LogP contribution in [0.4, 0.5) is 10.2 Å². The van der Waals surface area contributed by atoms with Gasteiger partial charge >= 0.3 is 0 Å². The molecule has 0 spiro atoms. The molecule has 1 aliphatic heterocycles. The molecule has 1 saturated heterocycles. The second-order valence-electron chi connectivity index (χ2n) is 4.73. The van der Waals surface area contributed by atoms with Gasteiger partial charge < -0.3 is 10.6 Å². The first-order valence-electron chi connectivity index (χ1n) is 6.32. The summed E-state index contributed by atoms with van der Waals surface area (Å²) in [6.07, 6.45) is 4.18. The van der Waals surface area contributed by atoms with Crippen molar-refractivity contribution in [3.63, 3.8) is 0 Å². The molecule has 0 aromatic carbocycles. The number of carbonyl (C=O) groups is 1. The van der Waals surface area contributed by atoms with Gasteiger partial charge in [-0.2, -0.15) is 0 Å². The lowest BCUT2D eigenvalue weighted by Crippen LogP contribution is -2.38. The molecule has 1 aromatic rings. The molecule has 0 saturated carbocycles. The van der Waals surface area contributed by atoms with Crippen LogP contribution in [0.5, 0.6) is 0 Å². The molecule has 1 fully saturated rings. The molecule has 1 aromatic heterocycles. The number of likely N-dealkylation sites (tertiary alicyclic amines) is 1. The van der Waals surface area contributed by atoms with Crippen molar-refractivity contribution < 1.29 is 9.18 Å². The monoisotopic (exact) mass is 251 g/mol. The summed E-state index contributed by atoms with van der Waals surface area (Å²) in [6.45, 7) is 3.59. The van der Waals surface area contributed by atoms with Crippen LogP contribution in [0.25, 0.3) is 0 Å². The summed E-state index contributed by atoms with van der Waals surface area (Å²) in [5.74, 6) is 0.0427. The number of rotatable bonds is 2. The first-order chi connectivity index (χ1) is 8.61. The number of nitrogens with two attached hydrogens (primary N) is 1. The molecule has 2 rings (SSSR count). The summed E-state index contributed by atoms with van der Waals surface area (Å²) in [4.78, 5) is 17.6. The van der Waals surface area contributed by atoms with Gasteiger partial charge in [0.15, 0.2) is 0 Å². The summed E-state index contributed by atoms with van der Waals surface area (Å²) in [6, 6.07) is 1.16. The second-order valence-corrected chi connectivity index (χ2v) is 4.73.